The van der Waals surface area contributed by atoms with Crippen molar-refractivity contribution in [2.24, 2.45) is 5.92 Å². The van der Waals surface area contributed by atoms with Gasteiger partial charge in [0.25, 0.3) is 5.91 Å². The van der Waals surface area contributed by atoms with Crippen molar-refractivity contribution in [3.05, 3.63) is 75.7 Å². The molecule has 4 atom stereocenters. The van der Waals surface area contributed by atoms with Crippen LogP contribution < -0.4 is 15.8 Å². The van der Waals surface area contributed by atoms with E-state index in [4.69, 9.17) is 15.5 Å². The number of ether oxygens (including phenoxy) is 1. The van der Waals surface area contributed by atoms with Crippen molar-refractivity contribution >= 4 is 46.7 Å². The number of nitrogens with two attached hydrogens (primary N) is 1. The van der Waals surface area contributed by atoms with Crippen LogP contribution in [-0.2, 0) is 20.7 Å². The molecule has 1 aliphatic rings. The second-order valence-corrected chi connectivity index (χ2v) is 13.9. The van der Waals surface area contributed by atoms with Gasteiger partial charge >= 0.3 is 0 Å². The number of benzene rings is 2. The third kappa shape index (κ3) is 9.33. The van der Waals surface area contributed by atoms with E-state index in [2.05, 4.69) is 30.8 Å². The Morgan fingerprint density at radius 2 is 1.87 bits per heavy atom. The predicted molar refractivity (Wildman–Crippen MR) is 186 cm³/mol. The molecule has 0 bridgehead atoms. The van der Waals surface area contributed by atoms with Gasteiger partial charge in [-0.3, -0.25) is 19.1 Å². The molecule has 2 aromatic carbocycles. The van der Waals surface area contributed by atoms with E-state index in [0.29, 0.717) is 43.7 Å². The number of aromatic nitrogens is 1. The fourth-order valence-corrected chi connectivity index (χ4v) is 7.41. The number of unbranched alkanes of at least 4 members (excludes halogenated alkanes) is 1. The van der Waals surface area contributed by atoms with Crippen LogP contribution in [0.5, 0.6) is 0 Å². The number of fused-ring (bicyclic) bond motifs is 1. The summed E-state index contributed by atoms with van der Waals surface area (Å²) in [6, 6.07) is 15.0. The summed E-state index contributed by atoms with van der Waals surface area (Å²) in [5.74, 6) is -0.424. The normalized spacial score (nSPS) is 17.2. The summed E-state index contributed by atoms with van der Waals surface area (Å²) in [5.41, 5.74) is 8.81. The van der Waals surface area contributed by atoms with E-state index >= 15 is 0 Å². The molecule has 1 heterocycles. The molecule has 0 saturated heterocycles. The highest BCUT2D eigenvalue weighted by Crippen LogP contribution is 2.34. The Morgan fingerprint density at radius 1 is 1.13 bits per heavy atom. The number of amides is 3. The van der Waals surface area contributed by atoms with Crippen LogP contribution in [0.25, 0.3) is 0 Å². The lowest BCUT2D eigenvalue weighted by Crippen LogP contribution is -2.42. The maximum atomic E-state index is 13.5. The van der Waals surface area contributed by atoms with Crippen LogP contribution >= 0.6 is 23.3 Å². The summed E-state index contributed by atoms with van der Waals surface area (Å²) in [6.45, 7) is 8.75. The van der Waals surface area contributed by atoms with Crippen molar-refractivity contribution in [3.63, 3.8) is 0 Å². The predicted octanol–water partition coefficient (Wildman–Crippen LogP) is 6.52. The molecule has 3 aromatic rings. The van der Waals surface area contributed by atoms with E-state index < -0.39 is 5.92 Å². The molecule has 248 valence electrons. The lowest BCUT2D eigenvalue weighted by Gasteiger charge is -2.33. The summed E-state index contributed by atoms with van der Waals surface area (Å²) in [5, 5.41) is 5.63. The van der Waals surface area contributed by atoms with Crippen LogP contribution in [0.2, 0.25) is 0 Å². The van der Waals surface area contributed by atoms with Crippen molar-refractivity contribution in [1.82, 2.24) is 19.9 Å². The second kappa shape index (κ2) is 16.9. The topological polar surface area (TPSA) is 127 Å². The van der Waals surface area contributed by atoms with Crippen molar-refractivity contribution in [2.75, 3.05) is 19.4 Å². The van der Waals surface area contributed by atoms with Crippen molar-refractivity contribution in [2.45, 2.75) is 95.2 Å². The molecule has 1 aliphatic carbocycles. The largest absolute Gasteiger partial charge is 0.399 e. The number of hydrogen-bond donors (Lipinski definition) is 3. The van der Waals surface area contributed by atoms with Crippen LogP contribution in [0.3, 0.4) is 0 Å². The molecule has 0 spiro atoms. The van der Waals surface area contributed by atoms with Gasteiger partial charge in [-0.15, -0.1) is 11.3 Å². The molecule has 9 nitrogen and oxygen atoms in total. The van der Waals surface area contributed by atoms with E-state index in [1.54, 1.807) is 17.5 Å². The molecule has 0 aliphatic heterocycles. The van der Waals surface area contributed by atoms with Crippen LogP contribution in [0.4, 0.5) is 5.69 Å². The van der Waals surface area contributed by atoms with E-state index in [1.165, 1.54) is 23.3 Å². The summed E-state index contributed by atoms with van der Waals surface area (Å²) in [4.78, 5) is 47.2. The average Bonchev–Trinajstić information content (AvgIpc) is 3.55. The first kappa shape index (κ1) is 35.4. The summed E-state index contributed by atoms with van der Waals surface area (Å²) < 4.78 is 9.11. The number of thiazole rings is 1. The number of nitrogen functional groups attached to an aromatic ring is 1. The number of carbonyl (C=O) groups excluding carboxylic acids is 3. The van der Waals surface area contributed by atoms with E-state index in [9.17, 15) is 14.4 Å². The summed E-state index contributed by atoms with van der Waals surface area (Å²) >= 11 is 2.65. The van der Waals surface area contributed by atoms with Crippen molar-refractivity contribution < 1.29 is 19.1 Å². The number of nitrogens with one attached hydrogen (secondary N) is 2. The smallest absolute Gasteiger partial charge is 0.270 e. The number of rotatable bonds is 15. The molecule has 3 unspecified atom stereocenters. The third-order valence-electron chi connectivity index (χ3n) is 8.48. The zero-order chi connectivity index (χ0) is 33.2. The Morgan fingerprint density at radius 3 is 2.57 bits per heavy atom. The van der Waals surface area contributed by atoms with Gasteiger partial charge in [-0.2, -0.15) is 0 Å². The minimum atomic E-state index is -0.408. The molecular formula is C35H47N5O4S2. The fraction of sp³-hybridized carbons (Fsp3) is 0.486. The first-order valence-corrected chi connectivity index (χ1v) is 17.8. The van der Waals surface area contributed by atoms with Gasteiger partial charge in [-0.25, -0.2) is 4.98 Å². The highest BCUT2D eigenvalue weighted by atomic mass is 32.2. The maximum absolute atomic E-state index is 13.5. The van der Waals surface area contributed by atoms with Crippen LogP contribution in [-0.4, -0.2) is 53.3 Å². The van der Waals surface area contributed by atoms with Crippen LogP contribution in [0.15, 0.2) is 58.8 Å². The van der Waals surface area contributed by atoms with Crippen LogP contribution in [0.1, 0.15) is 98.4 Å². The SMILES string of the molecule is CCCCC(=O)N(C)C(CC(OCC)c1nc(C(=O)NC2Cc3ccccc3[C@H](C(=O)NSc3ccc(N)cc3)C2)cs1)C(C)C. The number of hydrogen-bond acceptors (Lipinski definition) is 8. The summed E-state index contributed by atoms with van der Waals surface area (Å²) in [7, 11) is 1.87. The van der Waals surface area contributed by atoms with Gasteiger partial charge in [-0.05, 0) is 79.4 Å². The molecule has 46 heavy (non-hydrogen) atoms. The van der Waals surface area contributed by atoms with E-state index in [1.807, 2.05) is 55.3 Å². The lowest BCUT2D eigenvalue weighted by molar-refractivity contribution is -0.134. The van der Waals surface area contributed by atoms with Crippen molar-refractivity contribution in [3.8, 4) is 0 Å². The Hall–Kier alpha value is -3.41. The van der Waals surface area contributed by atoms with Crippen LogP contribution in [0, 0.1) is 5.92 Å². The molecule has 4 rings (SSSR count). The van der Waals surface area contributed by atoms with Gasteiger partial charge in [0.1, 0.15) is 16.8 Å². The molecule has 4 N–H and O–H groups in total. The number of carbonyl (C=O) groups is 3. The fourth-order valence-electron chi connectivity index (χ4n) is 5.92. The molecule has 1 aromatic heterocycles. The van der Waals surface area contributed by atoms with Gasteiger partial charge in [0, 0.05) is 54.5 Å². The zero-order valence-corrected chi connectivity index (χ0v) is 29.1. The van der Waals surface area contributed by atoms with Gasteiger partial charge in [0.05, 0.1) is 5.92 Å². The molecule has 3 amide bonds. The lowest BCUT2D eigenvalue weighted by atomic mass is 9.79. The highest BCUT2D eigenvalue weighted by Gasteiger charge is 2.34. The van der Waals surface area contributed by atoms with Gasteiger partial charge in [0.2, 0.25) is 11.8 Å². The minimum absolute atomic E-state index is 0.0225. The maximum Gasteiger partial charge on any atom is 0.270 e. The Balaban J connectivity index is 1.43. The number of nitrogens with zero attached hydrogens (tertiary/aromatic N) is 2. The quantitative estimate of drug-likeness (QED) is 0.125. The second-order valence-electron chi connectivity index (χ2n) is 12.2. The minimum Gasteiger partial charge on any atom is -0.399 e. The highest BCUT2D eigenvalue weighted by molar-refractivity contribution is 7.98. The monoisotopic (exact) mass is 665 g/mol. The first-order valence-electron chi connectivity index (χ1n) is 16.1. The Labute approximate surface area is 281 Å². The molecule has 0 radical (unpaired) electrons. The van der Waals surface area contributed by atoms with Gasteiger partial charge < -0.3 is 20.7 Å². The van der Waals surface area contributed by atoms with E-state index in [0.717, 1.165) is 33.9 Å². The Kier molecular flexibility index (Phi) is 13.1. The summed E-state index contributed by atoms with van der Waals surface area (Å²) in [6.07, 6.45) is 3.74. The third-order valence-corrected chi connectivity index (χ3v) is 10.2. The number of anilines is 1. The molecular weight excluding hydrogens is 619 g/mol. The molecule has 0 fully saturated rings. The van der Waals surface area contributed by atoms with E-state index in [-0.39, 0.29) is 41.8 Å². The zero-order valence-electron chi connectivity index (χ0n) is 27.5. The first-order chi connectivity index (χ1) is 22.1. The molecule has 0 saturated carbocycles. The molecule has 11 heteroatoms. The standard InChI is InChI=1S/C35H47N5O4S2/c1-6-8-13-32(41)40(5)30(22(3)4)20-31(44-7-2)35-38-29(21-45-35)34(43)37-25-18-23-11-9-10-12-27(23)28(19-25)33(42)39-46-26-16-14-24(36)15-17-26/h9-12,14-17,21-22,25,28,30-31H,6-8,13,18-20,36H2,1-5H3,(H,37,43)(H,39,42)/t25?,28-,30?,31?/m1/s1. The average molecular weight is 666 g/mol. The van der Waals surface area contributed by atoms with Gasteiger partial charge in [-0.1, -0.05) is 51.5 Å². The Bertz CT molecular complexity index is 1460. The van der Waals surface area contributed by atoms with Gasteiger partial charge in [0.15, 0.2) is 0 Å². The van der Waals surface area contributed by atoms with Crippen molar-refractivity contribution in [1.29, 1.82) is 0 Å².